The van der Waals surface area contributed by atoms with E-state index in [9.17, 15) is 14.4 Å². The van der Waals surface area contributed by atoms with Crippen molar-refractivity contribution in [2.45, 2.75) is 91.5 Å². The van der Waals surface area contributed by atoms with Crippen molar-refractivity contribution >= 4 is 40.0 Å². The maximum absolute atomic E-state index is 14.1. The molecule has 1 saturated heterocycles. The van der Waals surface area contributed by atoms with Gasteiger partial charge in [-0.2, -0.15) is 0 Å². The summed E-state index contributed by atoms with van der Waals surface area (Å²) in [6, 6.07) is 8.99. The lowest BCUT2D eigenvalue weighted by molar-refractivity contribution is -0.155. The van der Waals surface area contributed by atoms with Crippen LogP contribution in [0, 0.1) is 23.2 Å². The van der Waals surface area contributed by atoms with Crippen LogP contribution in [0.1, 0.15) is 76.3 Å². The highest BCUT2D eigenvalue weighted by Gasteiger charge is 2.49. The molecule has 7 rings (SSSR count). The summed E-state index contributed by atoms with van der Waals surface area (Å²) < 4.78 is 14.2. The van der Waals surface area contributed by atoms with Crippen LogP contribution in [0.3, 0.4) is 0 Å². The number of carbonyl (C=O) groups excluding carboxylic acids is 3. The van der Waals surface area contributed by atoms with Gasteiger partial charge in [-0.15, -0.1) is 11.3 Å². The quantitative estimate of drug-likeness (QED) is 0.200. The molecule has 6 bridgehead atoms. The Labute approximate surface area is 321 Å². The Morgan fingerprint density at radius 1 is 1.22 bits per heavy atom. The van der Waals surface area contributed by atoms with Crippen LogP contribution in [0.2, 0.25) is 0 Å². The molecular weight excluding hydrogens is 703 g/mol. The van der Waals surface area contributed by atoms with Crippen LogP contribution in [-0.4, -0.2) is 76.2 Å². The largest absolute Gasteiger partial charge is 0.464 e. The number of aromatic nitrogens is 3. The molecule has 12 nitrogen and oxygen atoms in total. The van der Waals surface area contributed by atoms with Crippen molar-refractivity contribution in [3.63, 3.8) is 0 Å². The van der Waals surface area contributed by atoms with Gasteiger partial charge in [-0.05, 0) is 80.8 Å². The number of fused-ring (bicyclic) bond motifs is 6. The van der Waals surface area contributed by atoms with Crippen LogP contribution in [0.4, 0.5) is 0 Å². The normalized spacial score (nSPS) is 24.9. The molecule has 5 heterocycles. The van der Waals surface area contributed by atoms with Crippen LogP contribution in [-0.2, 0) is 43.2 Å². The highest BCUT2D eigenvalue weighted by Crippen LogP contribution is 2.46. The minimum Gasteiger partial charge on any atom is -0.464 e. The van der Waals surface area contributed by atoms with E-state index in [0.717, 1.165) is 56.1 Å². The van der Waals surface area contributed by atoms with E-state index in [1.165, 1.54) is 16.3 Å². The summed E-state index contributed by atoms with van der Waals surface area (Å²) in [7, 11) is 1.69. The number of hydrogen-bond acceptors (Lipinski definition) is 10. The van der Waals surface area contributed by atoms with Crippen molar-refractivity contribution < 1.29 is 23.9 Å². The zero-order valence-corrected chi connectivity index (χ0v) is 33.0. The number of hydrazine groups is 1. The minimum absolute atomic E-state index is 0.118. The van der Waals surface area contributed by atoms with E-state index in [2.05, 4.69) is 67.3 Å². The van der Waals surface area contributed by atoms with Crippen molar-refractivity contribution in [3.05, 3.63) is 58.2 Å². The molecule has 1 saturated carbocycles. The number of benzene rings is 1. The Balaban J connectivity index is 1.36. The SMILES string of the molecule is CO[C@@H](C)c1ncccc1-c1c2c3cc(ccc3n1CCCN)-c1csc(n1)C[C@H](NC(=O)[C@H]1[C@H](C)[C@@H]1C)C(=O)N1CCC[C@H](N1)C(=O)OCC(C)(C)C2. The topological polar surface area (TPSA) is 154 Å². The average molecular weight is 756 g/mol. The van der Waals surface area contributed by atoms with Gasteiger partial charge in [-0.25, -0.2) is 10.4 Å². The van der Waals surface area contributed by atoms with Gasteiger partial charge in [0.25, 0.3) is 5.91 Å². The molecule has 288 valence electrons. The number of rotatable bonds is 8. The van der Waals surface area contributed by atoms with E-state index < -0.39 is 23.5 Å². The zero-order chi connectivity index (χ0) is 38.3. The number of thiazole rings is 1. The molecule has 4 aromatic rings. The maximum atomic E-state index is 14.1. The lowest BCUT2D eigenvalue weighted by Crippen LogP contribution is -2.60. The lowest BCUT2D eigenvalue weighted by atomic mass is 9.84. The number of hydrogen-bond donors (Lipinski definition) is 3. The Bertz CT molecular complexity index is 2030. The van der Waals surface area contributed by atoms with Crippen molar-refractivity contribution in [1.29, 1.82) is 0 Å². The molecule has 13 heteroatoms. The number of ether oxygens (including phenoxy) is 2. The number of aryl methyl sites for hydroxylation is 1. The second kappa shape index (κ2) is 15.5. The molecule has 0 spiro atoms. The number of esters is 1. The molecule has 0 radical (unpaired) electrons. The number of nitrogens with zero attached hydrogens (tertiary/aromatic N) is 4. The first-order chi connectivity index (χ1) is 25.9. The summed E-state index contributed by atoms with van der Waals surface area (Å²) in [6.45, 7) is 12.2. The van der Waals surface area contributed by atoms with Crippen LogP contribution in [0.15, 0.2) is 41.9 Å². The van der Waals surface area contributed by atoms with Gasteiger partial charge in [0, 0.05) is 71.6 Å². The molecule has 4 N–H and O–H groups in total. The highest BCUT2D eigenvalue weighted by molar-refractivity contribution is 7.10. The third kappa shape index (κ3) is 7.56. The van der Waals surface area contributed by atoms with E-state index in [4.69, 9.17) is 25.2 Å². The Kier molecular flexibility index (Phi) is 11.0. The van der Waals surface area contributed by atoms with Crippen LogP contribution < -0.4 is 16.5 Å². The molecule has 2 amide bonds. The standard InChI is InChI=1S/C41H53N7O5S/c1-23-24(2)35(23)38(49)45-31-19-34-44-32(21-54-34)26-12-13-33-28(18-26)29(20-41(4,5)22-53-40(51)30-11-8-17-48(46-30)39(31)50)37(47(33)16-9-14-42)27-10-7-15-43-36(27)25(3)52-6/h7,10,12-13,15,18,21,23-25,30-31,35,46H,8-9,11,14,16-17,19-20,22,42H2,1-6H3,(H,45,49)/t23-,24+,25-,30-,31-,35+/m0/s1. The average Bonchev–Trinajstić information content (AvgIpc) is 3.44. The molecule has 3 aromatic heterocycles. The minimum atomic E-state index is -0.840. The molecule has 1 aliphatic carbocycles. The van der Waals surface area contributed by atoms with Crippen LogP contribution in [0.5, 0.6) is 0 Å². The molecule has 2 fully saturated rings. The lowest BCUT2D eigenvalue weighted by Gasteiger charge is -2.35. The highest BCUT2D eigenvalue weighted by atomic mass is 32.1. The van der Waals surface area contributed by atoms with Crippen molar-refractivity contribution in [2.75, 3.05) is 26.8 Å². The molecule has 6 atom stereocenters. The Morgan fingerprint density at radius 2 is 2.02 bits per heavy atom. The first-order valence-corrected chi connectivity index (χ1v) is 20.1. The number of pyridine rings is 1. The second-order valence-electron chi connectivity index (χ2n) is 16.1. The smallest absolute Gasteiger partial charge is 0.324 e. The molecular formula is C41H53N7O5S. The Morgan fingerprint density at radius 3 is 2.76 bits per heavy atom. The summed E-state index contributed by atoms with van der Waals surface area (Å²) in [4.78, 5) is 51.0. The van der Waals surface area contributed by atoms with Crippen molar-refractivity contribution in [1.82, 2.24) is 30.3 Å². The van der Waals surface area contributed by atoms with E-state index in [1.807, 2.05) is 18.4 Å². The molecule has 3 aliphatic rings. The van der Waals surface area contributed by atoms with Gasteiger partial charge in [-0.3, -0.25) is 24.4 Å². The summed E-state index contributed by atoms with van der Waals surface area (Å²) in [5, 5.41) is 8.40. The fourth-order valence-corrected chi connectivity index (χ4v) is 8.98. The van der Waals surface area contributed by atoms with Crippen molar-refractivity contribution in [2.24, 2.45) is 28.9 Å². The van der Waals surface area contributed by atoms with Gasteiger partial charge >= 0.3 is 5.97 Å². The van der Waals surface area contributed by atoms with E-state index in [0.29, 0.717) is 38.9 Å². The predicted molar refractivity (Wildman–Crippen MR) is 209 cm³/mol. The summed E-state index contributed by atoms with van der Waals surface area (Å²) >= 11 is 1.48. The third-order valence-electron chi connectivity index (χ3n) is 11.5. The molecule has 1 aromatic carbocycles. The summed E-state index contributed by atoms with van der Waals surface area (Å²) in [5.41, 5.74) is 15.6. The molecule has 54 heavy (non-hydrogen) atoms. The number of cyclic esters (lactones) is 1. The fraction of sp³-hybridized carbons (Fsp3) is 0.537. The maximum Gasteiger partial charge on any atom is 0.324 e. The second-order valence-corrected chi connectivity index (χ2v) is 17.0. The first kappa shape index (κ1) is 38.1. The van der Waals surface area contributed by atoms with Gasteiger partial charge in [0.05, 0.1) is 34.8 Å². The predicted octanol–water partition coefficient (Wildman–Crippen LogP) is 5.43. The number of amides is 2. The molecule has 0 unspecified atom stereocenters. The molecule has 2 aliphatic heterocycles. The number of nitrogens with two attached hydrogens (primary N) is 1. The van der Waals surface area contributed by atoms with E-state index >= 15 is 0 Å². The zero-order valence-electron chi connectivity index (χ0n) is 32.2. The number of carbonyl (C=O) groups is 3. The Hall–Kier alpha value is -4.17. The monoisotopic (exact) mass is 755 g/mol. The van der Waals surface area contributed by atoms with E-state index in [1.54, 1.807) is 13.3 Å². The van der Waals surface area contributed by atoms with Crippen LogP contribution >= 0.6 is 11.3 Å². The third-order valence-corrected chi connectivity index (χ3v) is 12.4. The van der Waals surface area contributed by atoms with Crippen LogP contribution in [0.25, 0.3) is 33.4 Å². The van der Waals surface area contributed by atoms with Gasteiger partial charge in [-0.1, -0.05) is 33.8 Å². The van der Waals surface area contributed by atoms with Gasteiger partial charge in [0.15, 0.2) is 0 Å². The summed E-state index contributed by atoms with van der Waals surface area (Å²) in [6.07, 6.45) is 4.34. The summed E-state index contributed by atoms with van der Waals surface area (Å²) in [5.74, 6) is -0.394. The number of methoxy groups -OCH3 is 1. The van der Waals surface area contributed by atoms with Crippen molar-refractivity contribution in [3.8, 4) is 22.5 Å². The fourth-order valence-electron chi connectivity index (χ4n) is 8.13. The van der Waals surface area contributed by atoms with Gasteiger partial charge in [0.1, 0.15) is 12.1 Å². The number of nitrogens with one attached hydrogen (secondary N) is 2. The van der Waals surface area contributed by atoms with E-state index in [-0.39, 0.29) is 48.7 Å². The van der Waals surface area contributed by atoms with Gasteiger partial charge < -0.3 is 25.1 Å². The first-order valence-electron chi connectivity index (χ1n) is 19.2. The van der Waals surface area contributed by atoms with Gasteiger partial charge in [0.2, 0.25) is 5.91 Å².